The minimum absolute atomic E-state index is 0.171. The Hall–Kier alpha value is -2.28. The molecule has 1 N–H and O–H groups in total. The first-order valence-electron chi connectivity index (χ1n) is 6.95. The molecule has 1 amide bonds. The number of rotatable bonds is 5. The topological polar surface area (TPSA) is 46.9 Å². The summed E-state index contributed by atoms with van der Waals surface area (Å²) in [5.41, 5.74) is 2.00. The smallest absolute Gasteiger partial charge is 0.223 e. The molecule has 2 aromatic rings. The molecule has 1 aromatic carbocycles. The van der Waals surface area contributed by atoms with E-state index in [2.05, 4.69) is 16.2 Å². The number of terminal acetylenes is 1. The van der Waals surface area contributed by atoms with Gasteiger partial charge in [0.15, 0.2) is 0 Å². The second-order valence-corrected chi connectivity index (χ2v) is 5.12. The quantitative estimate of drug-likeness (QED) is 0.839. The Morgan fingerprint density at radius 2 is 2.25 bits per heavy atom. The Balaban J connectivity index is 1.74. The van der Waals surface area contributed by atoms with Crippen molar-refractivity contribution in [3.63, 3.8) is 0 Å². The summed E-state index contributed by atoms with van der Waals surface area (Å²) in [7, 11) is 0. The van der Waals surface area contributed by atoms with Crippen LogP contribution in [0.3, 0.4) is 0 Å². The van der Waals surface area contributed by atoms with Crippen molar-refractivity contribution in [2.24, 2.45) is 5.92 Å². The Morgan fingerprint density at radius 3 is 3.00 bits per heavy atom. The number of carbonyl (C=O) groups excluding carboxylic acids is 1. The van der Waals surface area contributed by atoms with E-state index in [1.165, 1.54) is 0 Å². The van der Waals surface area contributed by atoms with Crippen molar-refractivity contribution in [3.05, 3.63) is 30.1 Å². The van der Waals surface area contributed by atoms with Crippen molar-refractivity contribution < 1.29 is 4.79 Å². The fourth-order valence-corrected chi connectivity index (χ4v) is 2.37. The molecule has 1 aromatic heterocycles. The molecule has 20 heavy (non-hydrogen) atoms. The van der Waals surface area contributed by atoms with E-state index < -0.39 is 0 Å². The van der Waals surface area contributed by atoms with Crippen molar-refractivity contribution >= 4 is 16.9 Å². The zero-order chi connectivity index (χ0) is 13.9. The van der Waals surface area contributed by atoms with Crippen LogP contribution >= 0.6 is 0 Å². The van der Waals surface area contributed by atoms with Gasteiger partial charge < -0.3 is 9.88 Å². The normalized spacial score (nSPS) is 14.2. The summed E-state index contributed by atoms with van der Waals surface area (Å²) >= 11 is 0. The maximum Gasteiger partial charge on any atom is 0.223 e. The van der Waals surface area contributed by atoms with Crippen LogP contribution in [0.2, 0.25) is 0 Å². The molecule has 1 aliphatic carbocycles. The Bertz CT molecular complexity index is 677. The number of hydrogen-bond donors (Lipinski definition) is 1. The van der Waals surface area contributed by atoms with E-state index in [0.717, 1.165) is 29.7 Å². The van der Waals surface area contributed by atoms with Gasteiger partial charge in [0.05, 0.1) is 17.6 Å². The predicted molar refractivity (Wildman–Crippen MR) is 78.0 cm³/mol. The molecule has 102 valence electrons. The molecule has 1 heterocycles. The third-order valence-corrected chi connectivity index (χ3v) is 3.58. The van der Waals surface area contributed by atoms with Gasteiger partial charge in [0.25, 0.3) is 0 Å². The molecule has 4 nitrogen and oxygen atoms in total. The molecular weight excluding hydrogens is 250 g/mol. The van der Waals surface area contributed by atoms with Crippen molar-refractivity contribution in [1.82, 2.24) is 14.9 Å². The van der Waals surface area contributed by atoms with Gasteiger partial charge in [0.1, 0.15) is 5.82 Å². The number of amides is 1. The number of carbonyl (C=O) groups is 1. The van der Waals surface area contributed by atoms with Crippen LogP contribution in [-0.4, -0.2) is 22.0 Å². The van der Waals surface area contributed by atoms with E-state index in [9.17, 15) is 4.79 Å². The van der Waals surface area contributed by atoms with Gasteiger partial charge >= 0.3 is 0 Å². The van der Waals surface area contributed by atoms with Gasteiger partial charge in [-0.05, 0) is 25.0 Å². The van der Waals surface area contributed by atoms with Crippen LogP contribution in [0.15, 0.2) is 24.3 Å². The van der Waals surface area contributed by atoms with Crippen LogP contribution in [0.25, 0.3) is 11.0 Å². The summed E-state index contributed by atoms with van der Waals surface area (Å²) in [5, 5.41) is 2.96. The second-order valence-electron chi connectivity index (χ2n) is 5.12. The molecule has 0 spiro atoms. The molecule has 1 fully saturated rings. The molecule has 1 aliphatic rings. The third-order valence-electron chi connectivity index (χ3n) is 3.58. The minimum atomic E-state index is 0.171. The lowest BCUT2D eigenvalue weighted by atomic mass is 10.3. The summed E-state index contributed by atoms with van der Waals surface area (Å²) in [6.07, 6.45) is 8.20. The maximum atomic E-state index is 11.6. The maximum absolute atomic E-state index is 11.6. The van der Waals surface area contributed by atoms with E-state index in [0.29, 0.717) is 19.5 Å². The van der Waals surface area contributed by atoms with Gasteiger partial charge in [-0.2, -0.15) is 0 Å². The van der Waals surface area contributed by atoms with Gasteiger partial charge in [-0.25, -0.2) is 4.98 Å². The molecule has 3 rings (SSSR count). The largest absolute Gasteiger partial charge is 0.355 e. The van der Waals surface area contributed by atoms with Gasteiger partial charge in [-0.3, -0.25) is 4.79 Å². The highest BCUT2D eigenvalue weighted by Gasteiger charge is 2.29. The van der Waals surface area contributed by atoms with Gasteiger partial charge in [0.2, 0.25) is 5.91 Å². The van der Waals surface area contributed by atoms with Crippen LogP contribution < -0.4 is 5.32 Å². The van der Waals surface area contributed by atoms with Gasteiger partial charge in [0, 0.05) is 18.9 Å². The highest BCUT2D eigenvalue weighted by atomic mass is 16.2. The zero-order valence-electron chi connectivity index (χ0n) is 11.3. The number of nitrogens with one attached hydrogen (secondary N) is 1. The second kappa shape index (κ2) is 5.38. The summed E-state index contributed by atoms with van der Waals surface area (Å²) in [4.78, 5) is 16.2. The van der Waals surface area contributed by atoms with Crippen LogP contribution in [0.5, 0.6) is 0 Å². The van der Waals surface area contributed by atoms with E-state index in [1.807, 2.05) is 28.8 Å². The Morgan fingerprint density at radius 1 is 1.45 bits per heavy atom. The average molecular weight is 267 g/mol. The van der Waals surface area contributed by atoms with Crippen molar-refractivity contribution in [3.8, 4) is 12.3 Å². The zero-order valence-corrected chi connectivity index (χ0v) is 11.3. The monoisotopic (exact) mass is 267 g/mol. The number of nitrogens with zero attached hydrogens (tertiary/aromatic N) is 2. The number of benzene rings is 1. The van der Waals surface area contributed by atoms with E-state index >= 15 is 0 Å². The molecule has 0 bridgehead atoms. The summed E-state index contributed by atoms with van der Waals surface area (Å²) < 4.78 is 2.04. The SMILES string of the molecule is C#CCn1c(CCNC(=O)C2CC2)nc2ccccc21. The van der Waals surface area contributed by atoms with Crippen LogP contribution in [0.4, 0.5) is 0 Å². The summed E-state index contributed by atoms with van der Waals surface area (Å²) in [6, 6.07) is 7.95. The molecule has 0 saturated heterocycles. The average Bonchev–Trinajstić information content (AvgIpc) is 3.25. The Kier molecular flexibility index (Phi) is 3.42. The predicted octanol–water partition coefficient (Wildman–Crippen LogP) is 1.74. The van der Waals surface area contributed by atoms with E-state index in [1.54, 1.807) is 0 Å². The van der Waals surface area contributed by atoms with Crippen molar-refractivity contribution in [1.29, 1.82) is 0 Å². The molecule has 0 atom stereocenters. The van der Waals surface area contributed by atoms with Crippen LogP contribution in [0.1, 0.15) is 18.7 Å². The van der Waals surface area contributed by atoms with E-state index in [4.69, 9.17) is 6.42 Å². The molecule has 4 heteroatoms. The molecular formula is C16H17N3O. The van der Waals surface area contributed by atoms with Crippen molar-refractivity contribution in [2.75, 3.05) is 6.54 Å². The number of aromatic nitrogens is 2. The Labute approximate surface area is 118 Å². The first kappa shape index (κ1) is 12.7. The molecule has 1 saturated carbocycles. The summed E-state index contributed by atoms with van der Waals surface area (Å²) in [5.74, 6) is 4.02. The van der Waals surface area contributed by atoms with Gasteiger partial charge in [-0.15, -0.1) is 6.42 Å². The molecule has 0 aliphatic heterocycles. The molecule has 0 radical (unpaired) electrons. The lowest BCUT2D eigenvalue weighted by Crippen LogP contribution is -2.27. The third kappa shape index (κ3) is 2.53. The fourth-order valence-electron chi connectivity index (χ4n) is 2.37. The number of imidazole rings is 1. The fraction of sp³-hybridized carbons (Fsp3) is 0.375. The molecule has 0 unspecified atom stereocenters. The highest BCUT2D eigenvalue weighted by molar-refractivity contribution is 5.80. The van der Waals surface area contributed by atoms with E-state index in [-0.39, 0.29) is 11.8 Å². The van der Waals surface area contributed by atoms with Gasteiger partial charge in [-0.1, -0.05) is 18.1 Å². The highest BCUT2D eigenvalue weighted by Crippen LogP contribution is 2.28. The van der Waals surface area contributed by atoms with Crippen LogP contribution in [0, 0.1) is 18.3 Å². The van der Waals surface area contributed by atoms with Crippen LogP contribution in [-0.2, 0) is 17.8 Å². The lowest BCUT2D eigenvalue weighted by Gasteiger charge is -2.06. The summed E-state index contributed by atoms with van der Waals surface area (Å²) in [6.45, 7) is 1.12. The number of para-hydroxylation sites is 2. The lowest BCUT2D eigenvalue weighted by molar-refractivity contribution is -0.122. The van der Waals surface area contributed by atoms with Crippen molar-refractivity contribution in [2.45, 2.75) is 25.8 Å². The standard InChI is InChI=1S/C16H17N3O/c1-2-11-19-14-6-4-3-5-13(14)18-15(19)9-10-17-16(20)12-7-8-12/h1,3-6,12H,7-11H2,(H,17,20). The number of fused-ring (bicyclic) bond motifs is 1. The first-order chi connectivity index (χ1) is 9.79. The number of hydrogen-bond acceptors (Lipinski definition) is 2. The first-order valence-corrected chi connectivity index (χ1v) is 6.95. The minimum Gasteiger partial charge on any atom is -0.355 e.